The fourth-order valence-corrected chi connectivity index (χ4v) is 6.69. The van der Waals surface area contributed by atoms with Gasteiger partial charge < -0.3 is 14.6 Å². The van der Waals surface area contributed by atoms with Crippen molar-refractivity contribution in [3.63, 3.8) is 0 Å². The van der Waals surface area contributed by atoms with Crippen LogP contribution in [0.4, 0.5) is 0 Å². The van der Waals surface area contributed by atoms with Gasteiger partial charge in [0.1, 0.15) is 12.6 Å². The summed E-state index contributed by atoms with van der Waals surface area (Å²) in [6.07, 6.45) is -1.04. The molecule has 1 aliphatic carbocycles. The Kier molecular flexibility index (Phi) is 7.43. The molecule has 6 rings (SSSR count). The van der Waals surface area contributed by atoms with Gasteiger partial charge in [0.05, 0.1) is 24.7 Å². The summed E-state index contributed by atoms with van der Waals surface area (Å²) in [4.78, 5) is 29.0. The fraction of sp³-hybridized carbons (Fsp3) is 0.257. The van der Waals surface area contributed by atoms with Crippen LogP contribution in [0.2, 0.25) is 0 Å². The van der Waals surface area contributed by atoms with Crippen molar-refractivity contribution >= 4 is 11.9 Å². The van der Waals surface area contributed by atoms with Gasteiger partial charge in [0.15, 0.2) is 0 Å². The van der Waals surface area contributed by atoms with Gasteiger partial charge in [0, 0.05) is 12.5 Å². The van der Waals surface area contributed by atoms with Crippen LogP contribution in [0.5, 0.6) is 0 Å². The van der Waals surface area contributed by atoms with Gasteiger partial charge in [0.2, 0.25) is 0 Å². The third-order valence-corrected chi connectivity index (χ3v) is 8.34. The lowest BCUT2D eigenvalue weighted by molar-refractivity contribution is -0.155. The Hall–Kier alpha value is -4.26. The average Bonchev–Trinajstić information content (AvgIpc) is 3.49. The number of hydrogen-bond acceptors (Lipinski definition) is 6. The number of β-amino-alcohol motifs (C(OH)–C–C–N with tert-alkyl or cyclic N) is 1. The molecule has 6 nitrogen and oxygen atoms in total. The highest BCUT2D eigenvalue weighted by molar-refractivity contribution is 5.85. The minimum atomic E-state index is -0.950. The molecule has 208 valence electrons. The van der Waals surface area contributed by atoms with Crippen molar-refractivity contribution in [1.82, 2.24) is 4.90 Å². The monoisotopic (exact) mass is 547 g/mol. The first kappa shape index (κ1) is 26.9. The van der Waals surface area contributed by atoms with Crippen LogP contribution >= 0.6 is 0 Å². The van der Waals surface area contributed by atoms with E-state index in [0.29, 0.717) is 0 Å². The highest BCUT2D eigenvalue weighted by atomic mass is 16.5. The molecule has 4 aromatic carbocycles. The SMILES string of the molecule is CCOC(=O)C[C@H]1[C@@H](C(=O)OCc2ccccc2)N(C2(c3ccccc3)c3ccccc3-c3ccccc32)C[C@@H]1O. The molecule has 41 heavy (non-hydrogen) atoms. The van der Waals surface area contributed by atoms with Gasteiger partial charge in [-0.05, 0) is 40.3 Å². The van der Waals surface area contributed by atoms with Crippen LogP contribution in [0.25, 0.3) is 11.1 Å². The predicted octanol–water partition coefficient (Wildman–Crippen LogP) is 5.32. The maximum atomic E-state index is 14.2. The van der Waals surface area contributed by atoms with E-state index < -0.39 is 35.5 Å². The first-order valence-electron chi connectivity index (χ1n) is 14.1. The lowest BCUT2D eigenvalue weighted by Gasteiger charge is -2.44. The number of likely N-dealkylation sites (tertiary alicyclic amines) is 1. The largest absolute Gasteiger partial charge is 0.466 e. The molecule has 0 saturated carbocycles. The third kappa shape index (κ3) is 4.63. The Morgan fingerprint density at radius 2 is 1.37 bits per heavy atom. The Balaban J connectivity index is 1.52. The number of carbonyl (C=O) groups is 2. The number of carbonyl (C=O) groups excluding carboxylic acids is 2. The van der Waals surface area contributed by atoms with Gasteiger partial charge in [-0.2, -0.15) is 0 Å². The second-order valence-corrected chi connectivity index (χ2v) is 10.6. The number of fused-ring (bicyclic) bond motifs is 3. The summed E-state index contributed by atoms with van der Waals surface area (Å²) in [6, 6.07) is 35.1. The zero-order valence-corrected chi connectivity index (χ0v) is 23.0. The number of hydrogen-bond donors (Lipinski definition) is 1. The summed E-state index contributed by atoms with van der Waals surface area (Å²) in [5.41, 5.74) is 5.15. The molecule has 0 unspecified atom stereocenters. The molecule has 1 heterocycles. The zero-order valence-electron chi connectivity index (χ0n) is 23.0. The summed E-state index contributed by atoms with van der Waals surface area (Å²) < 4.78 is 11.2. The van der Waals surface area contributed by atoms with Crippen molar-refractivity contribution in [3.05, 3.63) is 131 Å². The summed E-state index contributed by atoms with van der Waals surface area (Å²) >= 11 is 0. The van der Waals surface area contributed by atoms with Gasteiger partial charge in [-0.1, -0.05) is 109 Å². The lowest BCUT2D eigenvalue weighted by Crippen LogP contribution is -2.53. The quantitative estimate of drug-likeness (QED) is 0.301. The smallest absolute Gasteiger partial charge is 0.324 e. The standard InChI is InChI=1S/C35H33NO5/c1-2-40-32(38)21-28-31(37)22-36(33(28)34(39)41-23-24-13-5-3-6-14-24)35(25-15-7-4-8-16-25)29-19-11-9-17-26(29)27-18-10-12-20-30(27)35/h3-20,28,31,33,37H,2,21-23H2,1H3/t28-,31+,33+/m1/s1. The first-order valence-corrected chi connectivity index (χ1v) is 14.1. The molecule has 1 saturated heterocycles. The van der Waals surface area contributed by atoms with Crippen LogP contribution in [0.3, 0.4) is 0 Å². The van der Waals surface area contributed by atoms with Crippen LogP contribution in [0.15, 0.2) is 109 Å². The molecule has 0 radical (unpaired) electrons. The molecule has 0 aromatic heterocycles. The molecule has 1 fully saturated rings. The van der Waals surface area contributed by atoms with E-state index in [1.807, 2.05) is 72.8 Å². The predicted molar refractivity (Wildman–Crippen MR) is 156 cm³/mol. The topological polar surface area (TPSA) is 76.1 Å². The van der Waals surface area contributed by atoms with E-state index in [0.717, 1.165) is 33.4 Å². The maximum Gasteiger partial charge on any atom is 0.324 e. The van der Waals surface area contributed by atoms with Crippen LogP contribution < -0.4 is 0 Å². The average molecular weight is 548 g/mol. The number of aliphatic hydroxyl groups is 1. The van der Waals surface area contributed by atoms with E-state index in [2.05, 4.69) is 41.3 Å². The molecule has 0 spiro atoms. The van der Waals surface area contributed by atoms with Crippen molar-refractivity contribution in [3.8, 4) is 11.1 Å². The highest BCUT2D eigenvalue weighted by Gasteiger charge is 2.59. The summed E-state index contributed by atoms with van der Waals surface area (Å²) in [5, 5.41) is 11.5. The van der Waals surface area contributed by atoms with E-state index in [9.17, 15) is 14.7 Å². The molecular weight excluding hydrogens is 514 g/mol. The molecular formula is C35H33NO5. The van der Waals surface area contributed by atoms with Crippen molar-refractivity contribution in [1.29, 1.82) is 0 Å². The minimum Gasteiger partial charge on any atom is -0.466 e. The van der Waals surface area contributed by atoms with Gasteiger partial charge >= 0.3 is 11.9 Å². The number of rotatable bonds is 8. The third-order valence-electron chi connectivity index (χ3n) is 8.34. The van der Waals surface area contributed by atoms with Crippen molar-refractivity contribution in [2.75, 3.05) is 13.2 Å². The zero-order chi connectivity index (χ0) is 28.4. The number of ether oxygens (including phenoxy) is 2. The first-order chi connectivity index (χ1) is 20.1. The summed E-state index contributed by atoms with van der Waals surface area (Å²) in [5.74, 6) is -1.63. The number of benzene rings is 4. The molecule has 1 aliphatic heterocycles. The number of nitrogens with zero attached hydrogens (tertiary/aromatic N) is 1. The van der Waals surface area contributed by atoms with E-state index in [1.165, 1.54) is 0 Å². The van der Waals surface area contributed by atoms with Gasteiger partial charge in [-0.3, -0.25) is 14.5 Å². The van der Waals surface area contributed by atoms with Gasteiger partial charge in [-0.25, -0.2) is 0 Å². The molecule has 3 atom stereocenters. The van der Waals surface area contributed by atoms with E-state index in [-0.39, 0.29) is 26.2 Å². The Morgan fingerprint density at radius 3 is 1.98 bits per heavy atom. The Morgan fingerprint density at radius 1 is 0.805 bits per heavy atom. The molecule has 1 N–H and O–H groups in total. The summed E-state index contributed by atoms with van der Waals surface area (Å²) in [6.45, 7) is 2.24. The molecule has 2 aliphatic rings. The molecule has 6 heteroatoms. The van der Waals surface area contributed by atoms with Crippen LogP contribution in [0.1, 0.15) is 35.6 Å². The van der Waals surface area contributed by atoms with Crippen LogP contribution in [0, 0.1) is 5.92 Å². The van der Waals surface area contributed by atoms with Crippen molar-refractivity contribution < 1.29 is 24.2 Å². The lowest BCUT2D eigenvalue weighted by atomic mass is 9.78. The fourth-order valence-electron chi connectivity index (χ4n) is 6.69. The Bertz CT molecular complexity index is 1490. The highest BCUT2D eigenvalue weighted by Crippen LogP contribution is 2.56. The van der Waals surface area contributed by atoms with Crippen molar-refractivity contribution in [2.45, 2.75) is 37.6 Å². The minimum absolute atomic E-state index is 0.0925. The van der Waals surface area contributed by atoms with Crippen molar-refractivity contribution in [2.24, 2.45) is 5.92 Å². The molecule has 4 aromatic rings. The van der Waals surface area contributed by atoms with Gasteiger partial charge in [-0.15, -0.1) is 0 Å². The number of esters is 2. The van der Waals surface area contributed by atoms with Crippen LogP contribution in [-0.2, 0) is 31.2 Å². The second kappa shape index (κ2) is 11.3. The second-order valence-electron chi connectivity index (χ2n) is 10.6. The van der Waals surface area contributed by atoms with Gasteiger partial charge in [0.25, 0.3) is 0 Å². The van der Waals surface area contributed by atoms with E-state index in [1.54, 1.807) is 6.92 Å². The Labute approximate surface area is 240 Å². The number of aliphatic hydroxyl groups excluding tert-OH is 1. The normalized spacial score (nSPS) is 20.7. The molecule has 0 bridgehead atoms. The molecule has 0 amide bonds. The maximum absolute atomic E-state index is 14.2. The van der Waals surface area contributed by atoms with E-state index >= 15 is 0 Å². The van der Waals surface area contributed by atoms with Crippen LogP contribution in [-0.4, -0.2) is 47.2 Å². The van der Waals surface area contributed by atoms with E-state index in [4.69, 9.17) is 9.47 Å². The summed E-state index contributed by atoms with van der Waals surface area (Å²) in [7, 11) is 0.